The van der Waals surface area contributed by atoms with Gasteiger partial charge >= 0.3 is 0 Å². The third kappa shape index (κ3) is 2.93. The molecule has 176 valence electrons. The maximum Gasteiger partial charge on any atom is 0.138 e. The molecule has 8 rings (SSSR count). The van der Waals surface area contributed by atoms with Crippen molar-refractivity contribution in [2.75, 3.05) is 0 Å². The van der Waals surface area contributed by atoms with Crippen molar-refractivity contribution < 1.29 is 0 Å². The van der Waals surface area contributed by atoms with Crippen molar-refractivity contribution in [3.63, 3.8) is 0 Å². The summed E-state index contributed by atoms with van der Waals surface area (Å²) < 4.78 is 3.53. The van der Waals surface area contributed by atoms with Gasteiger partial charge in [-0.2, -0.15) is 0 Å². The first kappa shape index (κ1) is 20.9. The molecule has 0 spiro atoms. The number of pyridine rings is 2. The van der Waals surface area contributed by atoms with E-state index in [1.165, 1.54) is 53.9 Å². The zero-order chi connectivity index (χ0) is 24.7. The van der Waals surface area contributed by atoms with Crippen LogP contribution in [0.25, 0.3) is 59.5 Å². The lowest BCUT2D eigenvalue weighted by Gasteiger charge is -2.22. The SMILES string of the molecule is CC1(C)c2cc(-c3cccnc3)ccc2-c2ccc(-c3ccc4nc5c6ccccc6sc5n4c3)cc21. The Morgan fingerprint density at radius 3 is 2.22 bits per heavy atom. The second-order valence-electron chi connectivity index (χ2n) is 10.4. The number of aromatic nitrogens is 3. The highest BCUT2D eigenvalue weighted by Gasteiger charge is 2.35. The average molecular weight is 494 g/mol. The van der Waals surface area contributed by atoms with Crippen LogP contribution in [0.2, 0.25) is 0 Å². The molecule has 0 bridgehead atoms. The molecule has 0 atom stereocenters. The van der Waals surface area contributed by atoms with Crippen LogP contribution >= 0.6 is 11.3 Å². The van der Waals surface area contributed by atoms with Gasteiger partial charge in [0.05, 0.1) is 0 Å². The van der Waals surface area contributed by atoms with Crippen molar-refractivity contribution in [2.24, 2.45) is 0 Å². The topological polar surface area (TPSA) is 30.2 Å². The smallest absolute Gasteiger partial charge is 0.138 e. The highest BCUT2D eigenvalue weighted by Crippen LogP contribution is 2.50. The second-order valence-corrected chi connectivity index (χ2v) is 11.4. The highest BCUT2D eigenvalue weighted by molar-refractivity contribution is 7.25. The summed E-state index contributed by atoms with van der Waals surface area (Å²) in [6.07, 6.45) is 6.01. The number of benzene rings is 3. The molecule has 3 nitrogen and oxygen atoms in total. The molecule has 0 amide bonds. The number of imidazole rings is 1. The van der Waals surface area contributed by atoms with Gasteiger partial charge in [-0.25, -0.2) is 4.98 Å². The van der Waals surface area contributed by atoms with Gasteiger partial charge in [-0.1, -0.05) is 62.4 Å². The Balaban J connectivity index is 1.25. The van der Waals surface area contributed by atoms with Crippen LogP contribution in [0, 0.1) is 0 Å². The fraction of sp³-hybridized carbons (Fsp3) is 0.0909. The Hall–Kier alpha value is -4.28. The van der Waals surface area contributed by atoms with Crippen molar-refractivity contribution >= 4 is 37.4 Å². The van der Waals surface area contributed by atoms with Gasteiger partial charge in [-0.3, -0.25) is 9.38 Å². The van der Waals surface area contributed by atoms with E-state index in [2.05, 4.69) is 108 Å². The largest absolute Gasteiger partial charge is 0.290 e. The van der Waals surface area contributed by atoms with Crippen molar-refractivity contribution in [3.05, 3.63) is 115 Å². The lowest BCUT2D eigenvalue weighted by Crippen LogP contribution is -2.15. The molecule has 0 unspecified atom stereocenters. The molecule has 7 aromatic rings. The number of rotatable bonds is 2. The van der Waals surface area contributed by atoms with Gasteiger partial charge in [0.25, 0.3) is 0 Å². The normalized spacial score (nSPS) is 13.9. The van der Waals surface area contributed by atoms with E-state index in [9.17, 15) is 0 Å². The zero-order valence-electron chi connectivity index (χ0n) is 20.6. The maximum atomic E-state index is 4.95. The lowest BCUT2D eigenvalue weighted by molar-refractivity contribution is 0.661. The summed E-state index contributed by atoms with van der Waals surface area (Å²) >= 11 is 1.81. The van der Waals surface area contributed by atoms with Crippen LogP contribution in [0.15, 0.2) is 104 Å². The van der Waals surface area contributed by atoms with E-state index in [4.69, 9.17) is 4.98 Å². The van der Waals surface area contributed by atoms with Gasteiger partial charge in [-0.15, -0.1) is 11.3 Å². The molecule has 4 heterocycles. The number of nitrogens with zero attached hydrogens (tertiary/aromatic N) is 3. The number of hydrogen-bond acceptors (Lipinski definition) is 3. The number of fused-ring (bicyclic) bond motifs is 8. The third-order valence-corrected chi connectivity index (χ3v) is 9.09. The summed E-state index contributed by atoms with van der Waals surface area (Å²) in [5.74, 6) is 0. The van der Waals surface area contributed by atoms with Crippen LogP contribution in [0.1, 0.15) is 25.0 Å². The minimum Gasteiger partial charge on any atom is -0.290 e. The van der Waals surface area contributed by atoms with Crippen LogP contribution in [0.3, 0.4) is 0 Å². The molecule has 1 aliphatic carbocycles. The molecule has 3 aromatic carbocycles. The van der Waals surface area contributed by atoms with Gasteiger partial charge in [-0.05, 0) is 80.9 Å². The Morgan fingerprint density at radius 2 is 1.46 bits per heavy atom. The van der Waals surface area contributed by atoms with Crippen molar-refractivity contribution in [3.8, 4) is 33.4 Å². The van der Waals surface area contributed by atoms with Gasteiger partial charge in [0.15, 0.2) is 0 Å². The van der Waals surface area contributed by atoms with Gasteiger partial charge < -0.3 is 0 Å². The van der Waals surface area contributed by atoms with Crippen molar-refractivity contribution in [1.29, 1.82) is 0 Å². The monoisotopic (exact) mass is 493 g/mol. The van der Waals surface area contributed by atoms with E-state index < -0.39 is 0 Å². The molecule has 0 radical (unpaired) electrons. The van der Waals surface area contributed by atoms with Crippen LogP contribution in [0.5, 0.6) is 0 Å². The molecule has 0 N–H and O–H groups in total. The minimum absolute atomic E-state index is 0.0866. The van der Waals surface area contributed by atoms with E-state index >= 15 is 0 Å². The molecule has 0 saturated carbocycles. The molecule has 0 aliphatic heterocycles. The van der Waals surface area contributed by atoms with Crippen LogP contribution < -0.4 is 0 Å². The van der Waals surface area contributed by atoms with Crippen molar-refractivity contribution in [2.45, 2.75) is 19.3 Å². The predicted octanol–water partition coefficient (Wildman–Crippen LogP) is 8.74. The molecule has 0 saturated heterocycles. The average Bonchev–Trinajstić information content (AvgIpc) is 3.55. The lowest BCUT2D eigenvalue weighted by atomic mass is 9.81. The summed E-state index contributed by atoms with van der Waals surface area (Å²) in [5.41, 5.74) is 12.2. The minimum atomic E-state index is -0.0866. The first-order valence-electron chi connectivity index (χ1n) is 12.6. The summed E-state index contributed by atoms with van der Waals surface area (Å²) in [4.78, 5) is 10.5. The van der Waals surface area contributed by atoms with Crippen LogP contribution in [0.4, 0.5) is 0 Å². The maximum absolute atomic E-state index is 4.95. The standard InChI is InChI=1S/C33H23N3S/c1-33(2)27-16-20(22-6-5-15-34-18-22)9-12-24(27)25-13-10-21(17-28(25)33)23-11-14-30-35-31-26-7-3-4-8-29(26)37-32(31)36(30)19-23/h3-19H,1-2H3. The van der Waals surface area contributed by atoms with Crippen LogP contribution in [-0.2, 0) is 5.41 Å². The van der Waals surface area contributed by atoms with E-state index in [1.807, 2.05) is 29.8 Å². The zero-order valence-corrected chi connectivity index (χ0v) is 21.4. The van der Waals surface area contributed by atoms with Gasteiger partial charge in [0.2, 0.25) is 0 Å². The number of hydrogen-bond donors (Lipinski definition) is 0. The van der Waals surface area contributed by atoms with Gasteiger partial charge in [0.1, 0.15) is 16.0 Å². The van der Waals surface area contributed by atoms with E-state index in [-0.39, 0.29) is 5.41 Å². The highest BCUT2D eigenvalue weighted by atomic mass is 32.1. The van der Waals surface area contributed by atoms with E-state index in [1.54, 1.807) is 0 Å². The van der Waals surface area contributed by atoms with Crippen LogP contribution in [-0.4, -0.2) is 14.4 Å². The quantitative estimate of drug-likeness (QED) is 0.241. The van der Waals surface area contributed by atoms with Crippen molar-refractivity contribution in [1.82, 2.24) is 14.4 Å². The molecule has 0 fully saturated rings. The molecular formula is C33H23N3S. The second kappa shape index (κ2) is 7.37. The summed E-state index contributed by atoms with van der Waals surface area (Å²) in [7, 11) is 0. The Labute approximate surface area is 218 Å². The fourth-order valence-corrected chi connectivity index (χ4v) is 7.08. The first-order chi connectivity index (χ1) is 18.1. The predicted molar refractivity (Wildman–Crippen MR) is 154 cm³/mol. The Bertz CT molecular complexity index is 2010. The summed E-state index contributed by atoms with van der Waals surface area (Å²) in [6, 6.07) is 30.8. The summed E-state index contributed by atoms with van der Waals surface area (Å²) in [6.45, 7) is 4.68. The van der Waals surface area contributed by atoms with Gasteiger partial charge in [0, 0.05) is 34.1 Å². The molecule has 4 aromatic heterocycles. The molecular weight excluding hydrogens is 470 g/mol. The molecule has 4 heteroatoms. The third-order valence-electron chi connectivity index (χ3n) is 7.93. The molecule has 37 heavy (non-hydrogen) atoms. The summed E-state index contributed by atoms with van der Waals surface area (Å²) in [5, 5.41) is 1.23. The van der Waals surface area contributed by atoms with E-state index in [0.29, 0.717) is 0 Å². The Morgan fingerprint density at radius 1 is 0.730 bits per heavy atom. The fourth-order valence-electron chi connectivity index (χ4n) is 5.95. The number of thiophene rings is 1. The molecule has 1 aliphatic rings. The first-order valence-corrected chi connectivity index (χ1v) is 13.4. The Kier molecular flexibility index (Phi) is 4.16. The van der Waals surface area contributed by atoms with E-state index in [0.717, 1.165) is 16.7 Å².